The summed E-state index contributed by atoms with van der Waals surface area (Å²) in [6.07, 6.45) is 1.89. The number of hydrogen-bond donors (Lipinski definition) is 0. The first kappa shape index (κ1) is 19.2. The third kappa shape index (κ3) is 4.16. The van der Waals surface area contributed by atoms with Crippen LogP contribution in [0, 0.1) is 0 Å². The van der Waals surface area contributed by atoms with Gasteiger partial charge in [0, 0.05) is 49.3 Å². The quantitative estimate of drug-likeness (QED) is 0.585. The van der Waals surface area contributed by atoms with Gasteiger partial charge in [0.15, 0.2) is 0 Å². The third-order valence-corrected chi connectivity index (χ3v) is 5.84. The van der Waals surface area contributed by atoms with Gasteiger partial charge in [-0.1, -0.05) is 56.6 Å². The fraction of sp³-hybridized carbons (Fsp3) is 0.375. The molecular formula is C24H28ClN3. The van der Waals surface area contributed by atoms with E-state index in [1.807, 2.05) is 24.4 Å². The van der Waals surface area contributed by atoms with E-state index in [2.05, 4.69) is 65.9 Å². The Hall–Kier alpha value is -2.10. The summed E-state index contributed by atoms with van der Waals surface area (Å²) in [6.45, 7) is 11.9. The van der Waals surface area contributed by atoms with E-state index in [1.54, 1.807) is 0 Å². The summed E-state index contributed by atoms with van der Waals surface area (Å²) in [5.74, 6) is 1.07. The maximum absolute atomic E-state index is 6.15. The van der Waals surface area contributed by atoms with Crippen LogP contribution >= 0.6 is 11.6 Å². The highest BCUT2D eigenvalue weighted by Crippen LogP contribution is 2.28. The summed E-state index contributed by atoms with van der Waals surface area (Å²) in [7, 11) is 0. The fourth-order valence-electron chi connectivity index (χ4n) is 3.87. The molecule has 1 aliphatic heterocycles. The molecule has 0 radical (unpaired) electrons. The van der Waals surface area contributed by atoms with Crippen LogP contribution in [-0.2, 0) is 12.0 Å². The lowest BCUT2D eigenvalue weighted by Gasteiger charge is -2.36. The minimum atomic E-state index is 0.208. The Morgan fingerprint density at radius 1 is 0.929 bits per heavy atom. The van der Waals surface area contributed by atoms with Gasteiger partial charge in [0.1, 0.15) is 5.82 Å². The Balaban J connectivity index is 1.41. The molecule has 1 aliphatic rings. The number of rotatable bonds is 3. The van der Waals surface area contributed by atoms with Crippen molar-refractivity contribution < 1.29 is 0 Å². The number of piperazine rings is 1. The van der Waals surface area contributed by atoms with Crippen molar-refractivity contribution in [2.45, 2.75) is 32.7 Å². The van der Waals surface area contributed by atoms with E-state index < -0.39 is 0 Å². The van der Waals surface area contributed by atoms with Crippen LogP contribution in [0.4, 0.5) is 5.82 Å². The molecule has 2 aromatic carbocycles. The largest absolute Gasteiger partial charge is 0.354 e. The lowest BCUT2D eigenvalue weighted by molar-refractivity contribution is 0.249. The van der Waals surface area contributed by atoms with Crippen LogP contribution in [0.2, 0.25) is 5.02 Å². The normalized spacial score (nSPS) is 15.9. The maximum atomic E-state index is 6.15. The Bertz CT molecular complexity index is 952. The minimum absolute atomic E-state index is 0.208. The predicted octanol–water partition coefficient (Wildman–Crippen LogP) is 5.51. The standard InChI is InChI=1S/C24H28ClN3/c1-24(2,3)20-6-4-18(5-7-20)17-27-12-14-28(15-13-27)23-22-9-8-21(25)16-19(22)10-11-26-23/h4-11,16H,12-15,17H2,1-3H3. The molecule has 2 heterocycles. The van der Waals surface area contributed by atoms with Gasteiger partial charge in [-0.25, -0.2) is 4.98 Å². The summed E-state index contributed by atoms with van der Waals surface area (Å²) >= 11 is 6.15. The zero-order valence-corrected chi connectivity index (χ0v) is 17.7. The molecule has 4 heteroatoms. The Labute approximate surface area is 172 Å². The zero-order valence-electron chi connectivity index (χ0n) is 17.0. The van der Waals surface area contributed by atoms with Crippen molar-refractivity contribution in [2.75, 3.05) is 31.1 Å². The average Bonchev–Trinajstić information content (AvgIpc) is 2.68. The summed E-state index contributed by atoms with van der Waals surface area (Å²) in [5.41, 5.74) is 2.99. The summed E-state index contributed by atoms with van der Waals surface area (Å²) in [5, 5.41) is 3.10. The van der Waals surface area contributed by atoms with Crippen LogP contribution in [0.25, 0.3) is 10.8 Å². The van der Waals surface area contributed by atoms with Gasteiger partial charge in [0.05, 0.1) is 0 Å². The Morgan fingerprint density at radius 3 is 2.32 bits per heavy atom. The van der Waals surface area contributed by atoms with E-state index >= 15 is 0 Å². The second-order valence-electron chi connectivity index (χ2n) is 8.71. The molecule has 0 amide bonds. The number of pyridine rings is 1. The lowest BCUT2D eigenvalue weighted by Crippen LogP contribution is -2.46. The van der Waals surface area contributed by atoms with Gasteiger partial charge in [0.2, 0.25) is 0 Å². The molecule has 3 aromatic rings. The van der Waals surface area contributed by atoms with Crippen molar-refractivity contribution in [1.82, 2.24) is 9.88 Å². The van der Waals surface area contributed by atoms with Gasteiger partial charge >= 0.3 is 0 Å². The van der Waals surface area contributed by atoms with Gasteiger partial charge in [-0.15, -0.1) is 0 Å². The Morgan fingerprint density at radius 2 is 1.64 bits per heavy atom. The molecule has 0 spiro atoms. The van der Waals surface area contributed by atoms with Crippen LogP contribution in [0.15, 0.2) is 54.7 Å². The van der Waals surface area contributed by atoms with Crippen molar-refractivity contribution in [3.63, 3.8) is 0 Å². The van der Waals surface area contributed by atoms with E-state index in [1.165, 1.54) is 16.5 Å². The highest BCUT2D eigenvalue weighted by atomic mass is 35.5. The number of benzene rings is 2. The predicted molar refractivity (Wildman–Crippen MR) is 119 cm³/mol. The number of halogens is 1. The fourth-order valence-corrected chi connectivity index (χ4v) is 4.05. The van der Waals surface area contributed by atoms with E-state index in [0.29, 0.717) is 0 Å². The van der Waals surface area contributed by atoms with E-state index in [9.17, 15) is 0 Å². The van der Waals surface area contributed by atoms with Gasteiger partial charge in [-0.2, -0.15) is 0 Å². The summed E-state index contributed by atoms with van der Waals surface area (Å²) < 4.78 is 0. The molecule has 0 bridgehead atoms. The second kappa shape index (κ2) is 7.73. The number of nitrogens with zero attached hydrogens (tertiary/aromatic N) is 3. The molecule has 0 atom stereocenters. The van der Waals surface area contributed by atoms with Gasteiger partial charge in [-0.3, -0.25) is 4.90 Å². The van der Waals surface area contributed by atoms with Gasteiger partial charge in [-0.05, 0) is 46.2 Å². The topological polar surface area (TPSA) is 19.4 Å². The summed E-state index contributed by atoms with van der Waals surface area (Å²) in [6, 6.07) is 17.2. The molecule has 146 valence electrons. The van der Waals surface area contributed by atoms with Gasteiger partial charge in [0.25, 0.3) is 0 Å². The van der Waals surface area contributed by atoms with Crippen LogP contribution in [0.3, 0.4) is 0 Å². The first-order chi connectivity index (χ1) is 13.4. The van der Waals surface area contributed by atoms with Gasteiger partial charge < -0.3 is 4.90 Å². The van der Waals surface area contributed by atoms with Crippen molar-refractivity contribution in [3.05, 3.63) is 70.9 Å². The van der Waals surface area contributed by atoms with Crippen molar-refractivity contribution in [2.24, 2.45) is 0 Å². The summed E-state index contributed by atoms with van der Waals surface area (Å²) in [4.78, 5) is 9.60. The van der Waals surface area contributed by atoms with Crippen molar-refractivity contribution in [1.29, 1.82) is 0 Å². The number of hydrogen-bond acceptors (Lipinski definition) is 3. The van der Waals surface area contributed by atoms with Crippen molar-refractivity contribution in [3.8, 4) is 0 Å². The van der Waals surface area contributed by atoms with Crippen LogP contribution < -0.4 is 4.90 Å². The number of fused-ring (bicyclic) bond motifs is 1. The first-order valence-electron chi connectivity index (χ1n) is 10.0. The zero-order chi connectivity index (χ0) is 19.7. The molecule has 28 heavy (non-hydrogen) atoms. The first-order valence-corrected chi connectivity index (χ1v) is 10.4. The van der Waals surface area contributed by atoms with E-state index in [0.717, 1.165) is 49.0 Å². The van der Waals surface area contributed by atoms with Crippen LogP contribution in [0.1, 0.15) is 31.9 Å². The monoisotopic (exact) mass is 393 g/mol. The van der Waals surface area contributed by atoms with Crippen LogP contribution in [0.5, 0.6) is 0 Å². The maximum Gasteiger partial charge on any atom is 0.136 e. The minimum Gasteiger partial charge on any atom is -0.354 e. The third-order valence-electron chi connectivity index (χ3n) is 5.60. The highest BCUT2D eigenvalue weighted by molar-refractivity contribution is 6.31. The molecule has 4 rings (SSSR count). The Kier molecular flexibility index (Phi) is 5.31. The molecule has 1 aromatic heterocycles. The molecule has 0 N–H and O–H groups in total. The smallest absolute Gasteiger partial charge is 0.136 e. The molecule has 1 fully saturated rings. The van der Waals surface area contributed by atoms with E-state index in [4.69, 9.17) is 11.6 Å². The van der Waals surface area contributed by atoms with Crippen molar-refractivity contribution >= 4 is 28.2 Å². The van der Waals surface area contributed by atoms with E-state index in [-0.39, 0.29) is 5.41 Å². The molecule has 0 aliphatic carbocycles. The molecule has 0 unspecified atom stereocenters. The van der Waals surface area contributed by atoms with Crippen LogP contribution in [-0.4, -0.2) is 36.1 Å². The SMILES string of the molecule is CC(C)(C)c1ccc(CN2CCN(c3nccc4cc(Cl)ccc34)CC2)cc1. The second-order valence-corrected chi connectivity index (χ2v) is 9.15. The molecular weight excluding hydrogens is 366 g/mol. The number of anilines is 1. The molecule has 3 nitrogen and oxygen atoms in total. The average molecular weight is 394 g/mol. The molecule has 1 saturated heterocycles. The molecule has 0 saturated carbocycles. The number of aromatic nitrogens is 1. The lowest BCUT2D eigenvalue weighted by atomic mass is 9.87. The highest BCUT2D eigenvalue weighted by Gasteiger charge is 2.20.